The Kier molecular flexibility index (Phi) is 16.9. The van der Waals surface area contributed by atoms with Gasteiger partial charge in [0.2, 0.25) is 5.91 Å². The fraction of sp³-hybridized carbons (Fsp3) is 0.878. The van der Waals surface area contributed by atoms with Gasteiger partial charge in [-0.1, -0.05) is 20.1 Å². The number of fused-ring (bicyclic) bond motifs is 9. The number of amides is 1. The second-order valence-electron chi connectivity index (χ2n) is 20.5. The van der Waals surface area contributed by atoms with Crippen LogP contribution >= 0.6 is 0 Å². The van der Waals surface area contributed by atoms with Crippen LogP contribution in [0.25, 0.3) is 0 Å². The van der Waals surface area contributed by atoms with E-state index in [2.05, 4.69) is 25.4 Å². The third-order valence-corrected chi connectivity index (χ3v) is 15.5. The first-order valence-electron chi connectivity index (χ1n) is 24.7. The Morgan fingerprint density at radius 1 is 0.846 bits per heavy atom. The molecule has 65 heavy (non-hydrogen) atoms. The molecular weight excluding hydrogens is 841 g/mol. The topological polar surface area (TPSA) is 182 Å². The van der Waals surface area contributed by atoms with Gasteiger partial charge < -0.3 is 67.8 Å². The summed E-state index contributed by atoms with van der Waals surface area (Å²) in [6, 6.07) is 0. The molecule has 10 bridgehead atoms. The van der Waals surface area contributed by atoms with Gasteiger partial charge in [0.1, 0.15) is 18.0 Å². The fourth-order valence-electron chi connectivity index (χ4n) is 12.1. The molecule has 0 aliphatic carbocycles. The molecule has 8 saturated heterocycles. The summed E-state index contributed by atoms with van der Waals surface area (Å²) in [4.78, 5) is 27.3. The Bertz CT molecular complexity index is 1640. The summed E-state index contributed by atoms with van der Waals surface area (Å²) in [5.41, 5.74) is 2.13. The van der Waals surface area contributed by atoms with Crippen LogP contribution in [-0.4, -0.2) is 184 Å². The molecule has 3 N–H and O–H groups in total. The molecule has 16 nitrogen and oxygen atoms in total. The van der Waals surface area contributed by atoms with Crippen LogP contribution in [0.5, 0.6) is 0 Å². The molecule has 8 heterocycles. The SMILES string of the molecule is C=C1C[C@@H]2CC[C@]34C[C@@H](O)[C@H](O3)[C@H]3C[C@@H](O4)[C@H]4O[C@H](CC[C@@H]4O3)CC(=O)C[C@@H]3[C@@H](OC)[C@@H](C[C@H](O)CN(C)CCOCCOCCNC(C)=O)O[C@H]3C[C@H]3O[C@@H](CC[C@@H]1O2)C[C@@H](C)C3=C. The maximum absolute atomic E-state index is 14.3. The van der Waals surface area contributed by atoms with Crippen molar-refractivity contribution in [3.05, 3.63) is 24.3 Å². The third kappa shape index (κ3) is 12.3. The highest BCUT2D eigenvalue weighted by molar-refractivity contribution is 5.79. The number of likely N-dealkylation sites (N-methyl/N-ethyl adjacent to an activating group) is 1. The summed E-state index contributed by atoms with van der Waals surface area (Å²) >= 11 is 0. The van der Waals surface area contributed by atoms with Gasteiger partial charge in [-0.15, -0.1) is 0 Å². The van der Waals surface area contributed by atoms with E-state index in [0.29, 0.717) is 91.0 Å². The van der Waals surface area contributed by atoms with Gasteiger partial charge in [-0.3, -0.25) is 9.59 Å². The standard InChI is InChI=1S/C49H78N2O14/c1-28-19-34-7-9-39-29(2)20-36(59-39)11-12-49-26-38(55)47(65-49)44-25-45(64-49)48-40(62-44)10-8-35(61-48)21-32(53)22-37-42(24-41(60-34)30(28)3)63-43(46(37)56-6)23-33(54)27-51(5)14-16-58-18-17-57-15-13-50-31(4)52/h28,33-48,54-55H,2-3,7-27H2,1,4-6H3,(H,50,52)/t28-,33+,34+,35-,36+,37+,38-,39+,40+,41-,42+,43-,44-,45-,46-,47+,48+,49-/m1/s1. The van der Waals surface area contributed by atoms with E-state index in [-0.39, 0.29) is 97.4 Å². The summed E-state index contributed by atoms with van der Waals surface area (Å²) in [6.07, 6.45) is 3.35. The lowest BCUT2D eigenvalue weighted by atomic mass is 9.81. The first kappa shape index (κ1) is 49.5. The lowest BCUT2D eigenvalue weighted by molar-refractivity contribution is -0.277. The van der Waals surface area contributed by atoms with Crippen LogP contribution in [0.2, 0.25) is 0 Å². The van der Waals surface area contributed by atoms with E-state index in [0.717, 1.165) is 43.3 Å². The normalized spacial score (nSPS) is 42.7. The van der Waals surface area contributed by atoms with Crippen molar-refractivity contribution >= 4 is 11.7 Å². The molecule has 0 saturated carbocycles. The number of hydrogen-bond donors (Lipinski definition) is 3. The van der Waals surface area contributed by atoms with Gasteiger partial charge in [0.05, 0.1) is 106 Å². The molecule has 1 spiro atoms. The monoisotopic (exact) mass is 919 g/mol. The van der Waals surface area contributed by atoms with E-state index in [9.17, 15) is 19.8 Å². The molecular formula is C49H78N2O14. The molecule has 0 unspecified atom stereocenters. The number of ether oxygens (including phenoxy) is 10. The maximum Gasteiger partial charge on any atom is 0.216 e. The molecule has 16 heteroatoms. The highest BCUT2D eigenvalue weighted by atomic mass is 16.7. The van der Waals surface area contributed by atoms with E-state index in [1.165, 1.54) is 6.92 Å². The highest BCUT2D eigenvalue weighted by Crippen LogP contribution is 2.49. The third-order valence-electron chi connectivity index (χ3n) is 15.5. The summed E-state index contributed by atoms with van der Waals surface area (Å²) in [6.45, 7) is 15.9. The van der Waals surface area contributed by atoms with E-state index in [1.54, 1.807) is 7.11 Å². The number of methoxy groups -OCH3 is 1. The molecule has 1 amide bonds. The first-order valence-corrected chi connectivity index (χ1v) is 24.7. The van der Waals surface area contributed by atoms with E-state index >= 15 is 0 Å². The minimum atomic E-state index is -0.968. The number of aliphatic hydroxyl groups is 2. The number of Topliss-reactive ketones (excluding diaryl/α,β-unsaturated/α-hetero) is 1. The number of nitrogens with one attached hydrogen (secondary N) is 1. The molecule has 8 rings (SSSR count). The largest absolute Gasteiger partial charge is 0.392 e. The summed E-state index contributed by atoms with van der Waals surface area (Å²) in [5, 5.41) is 25.4. The van der Waals surface area contributed by atoms with Crippen LogP contribution in [-0.2, 0) is 57.0 Å². The van der Waals surface area contributed by atoms with Crippen molar-refractivity contribution < 1.29 is 67.2 Å². The molecule has 0 aromatic carbocycles. The molecule has 18 atom stereocenters. The van der Waals surface area contributed by atoms with Crippen molar-refractivity contribution in [3.8, 4) is 0 Å². The van der Waals surface area contributed by atoms with Crippen molar-refractivity contribution in [2.45, 2.75) is 201 Å². The number of nitrogens with zero attached hydrogens (tertiary/aromatic N) is 1. The van der Waals surface area contributed by atoms with Crippen molar-refractivity contribution in [3.63, 3.8) is 0 Å². The predicted molar refractivity (Wildman–Crippen MR) is 237 cm³/mol. The number of carbonyl (C=O) groups is 2. The average molecular weight is 919 g/mol. The molecule has 8 aliphatic rings. The van der Waals surface area contributed by atoms with Gasteiger partial charge in [0.25, 0.3) is 0 Å². The van der Waals surface area contributed by atoms with Crippen LogP contribution in [0, 0.1) is 11.8 Å². The lowest BCUT2D eigenvalue weighted by Gasteiger charge is -2.47. The predicted octanol–water partition coefficient (Wildman–Crippen LogP) is 3.56. The van der Waals surface area contributed by atoms with Crippen LogP contribution in [0.4, 0.5) is 0 Å². The van der Waals surface area contributed by atoms with Gasteiger partial charge in [0, 0.05) is 84.5 Å². The Morgan fingerprint density at radius 3 is 2.42 bits per heavy atom. The highest BCUT2D eigenvalue weighted by Gasteiger charge is 2.59. The Labute approximate surface area is 385 Å². The van der Waals surface area contributed by atoms with Crippen molar-refractivity contribution in [1.29, 1.82) is 0 Å². The van der Waals surface area contributed by atoms with Crippen molar-refractivity contribution in [2.75, 3.05) is 60.2 Å². The smallest absolute Gasteiger partial charge is 0.216 e. The molecule has 8 aliphatic heterocycles. The summed E-state index contributed by atoms with van der Waals surface area (Å²) < 4.78 is 64.9. The average Bonchev–Trinajstić information content (AvgIpc) is 3.87. The van der Waals surface area contributed by atoms with Gasteiger partial charge >= 0.3 is 0 Å². The van der Waals surface area contributed by atoms with Gasteiger partial charge in [-0.25, -0.2) is 0 Å². The Balaban J connectivity index is 0.942. The fourth-order valence-corrected chi connectivity index (χ4v) is 12.1. The van der Waals surface area contributed by atoms with Crippen LogP contribution in [0.1, 0.15) is 104 Å². The zero-order valence-electron chi connectivity index (χ0n) is 39.3. The molecule has 368 valence electrons. The summed E-state index contributed by atoms with van der Waals surface area (Å²) in [7, 11) is 3.62. The van der Waals surface area contributed by atoms with Crippen molar-refractivity contribution in [1.82, 2.24) is 10.2 Å². The number of aliphatic hydroxyl groups excluding tert-OH is 2. The van der Waals surface area contributed by atoms with Crippen LogP contribution in [0.15, 0.2) is 24.3 Å². The van der Waals surface area contributed by atoms with E-state index in [1.807, 2.05) is 11.9 Å². The number of carbonyl (C=O) groups excluding carboxylic acids is 2. The van der Waals surface area contributed by atoms with Crippen LogP contribution in [0.3, 0.4) is 0 Å². The quantitative estimate of drug-likeness (QED) is 0.170. The first-order chi connectivity index (χ1) is 31.3. The second kappa shape index (κ2) is 22.2. The molecule has 0 radical (unpaired) electrons. The number of ketones is 1. The Morgan fingerprint density at radius 2 is 1.62 bits per heavy atom. The minimum absolute atomic E-state index is 0.00129. The second-order valence-corrected chi connectivity index (χ2v) is 20.5. The molecule has 8 fully saturated rings. The zero-order valence-corrected chi connectivity index (χ0v) is 39.3. The number of rotatable bonds is 14. The minimum Gasteiger partial charge on any atom is -0.392 e. The van der Waals surface area contributed by atoms with Crippen molar-refractivity contribution in [2.24, 2.45) is 11.8 Å². The molecule has 0 aromatic rings. The van der Waals surface area contributed by atoms with E-state index < -0.39 is 36.3 Å². The van der Waals surface area contributed by atoms with E-state index in [4.69, 9.17) is 47.4 Å². The maximum atomic E-state index is 14.3. The van der Waals surface area contributed by atoms with Crippen LogP contribution < -0.4 is 5.32 Å². The van der Waals surface area contributed by atoms with Gasteiger partial charge in [-0.2, -0.15) is 0 Å². The zero-order chi connectivity index (χ0) is 45.8. The van der Waals surface area contributed by atoms with Gasteiger partial charge in [-0.05, 0) is 69.1 Å². The van der Waals surface area contributed by atoms with Gasteiger partial charge in [0.15, 0.2) is 5.79 Å². The number of hydrogen-bond acceptors (Lipinski definition) is 15. The lowest BCUT2D eigenvalue weighted by Crippen LogP contribution is -2.58. The Hall–Kier alpha value is -1.90. The molecule has 0 aromatic heterocycles. The summed E-state index contributed by atoms with van der Waals surface area (Å²) in [5.74, 6) is -1.000.